The van der Waals surface area contributed by atoms with Crippen molar-refractivity contribution in [2.24, 2.45) is 23.2 Å². The van der Waals surface area contributed by atoms with Crippen molar-refractivity contribution in [2.45, 2.75) is 52.4 Å². The molecule has 3 nitrogen and oxygen atoms in total. The summed E-state index contributed by atoms with van der Waals surface area (Å²) in [6.07, 6.45) is 6.26. The Labute approximate surface area is 160 Å². The van der Waals surface area contributed by atoms with E-state index in [0.717, 1.165) is 36.6 Å². The third-order valence-corrected chi connectivity index (χ3v) is 7.02. The monoisotopic (exact) mass is 369 g/mol. The van der Waals surface area contributed by atoms with Crippen LogP contribution in [0.1, 0.15) is 57.9 Å². The normalized spacial score (nSPS) is 27.7. The maximum Gasteiger partial charge on any atom is 0.311 e. The molecule has 0 amide bonds. The van der Waals surface area contributed by atoms with Crippen molar-refractivity contribution in [1.29, 1.82) is 0 Å². The van der Waals surface area contributed by atoms with Gasteiger partial charge >= 0.3 is 5.97 Å². The van der Waals surface area contributed by atoms with E-state index in [0.29, 0.717) is 30.3 Å². The fraction of sp³-hybridized carbons (Fsp3) is 0.565. The molecule has 0 bridgehead atoms. The molecule has 4 rings (SSSR count). The van der Waals surface area contributed by atoms with Crippen LogP contribution in [0.15, 0.2) is 30.5 Å². The Kier molecular flexibility index (Phi) is 4.69. The largest absolute Gasteiger partial charge is 0.466 e. The number of hydrogen-bond acceptors (Lipinski definition) is 3. The van der Waals surface area contributed by atoms with E-state index in [4.69, 9.17) is 4.74 Å². The Morgan fingerprint density at radius 2 is 1.89 bits per heavy atom. The Morgan fingerprint density at radius 1 is 1.19 bits per heavy atom. The predicted octanol–water partition coefficient (Wildman–Crippen LogP) is 5.48. The Morgan fingerprint density at radius 3 is 2.56 bits per heavy atom. The van der Waals surface area contributed by atoms with Gasteiger partial charge in [-0.2, -0.15) is 0 Å². The zero-order valence-corrected chi connectivity index (χ0v) is 16.4. The molecule has 4 heteroatoms. The van der Waals surface area contributed by atoms with Gasteiger partial charge in [0.05, 0.1) is 17.5 Å². The minimum Gasteiger partial charge on any atom is -0.466 e. The molecule has 2 aliphatic carbocycles. The van der Waals surface area contributed by atoms with E-state index in [2.05, 4.69) is 11.1 Å². The van der Waals surface area contributed by atoms with E-state index in [-0.39, 0.29) is 11.8 Å². The summed E-state index contributed by atoms with van der Waals surface area (Å²) >= 11 is 0. The van der Waals surface area contributed by atoms with E-state index in [1.165, 1.54) is 11.6 Å². The smallest absolute Gasteiger partial charge is 0.311 e. The highest BCUT2D eigenvalue weighted by molar-refractivity contribution is 5.82. The minimum absolute atomic E-state index is 0.0675. The Hall–Kier alpha value is -1.97. The van der Waals surface area contributed by atoms with Crippen LogP contribution in [0.25, 0.3) is 10.9 Å². The molecule has 1 aromatic heterocycles. The quantitative estimate of drug-likeness (QED) is 0.670. The molecule has 27 heavy (non-hydrogen) atoms. The zero-order chi connectivity index (χ0) is 19.2. The molecule has 1 aromatic carbocycles. The SMILES string of the molecule is CCOC(=O)C(C)(C)[C@@H]1CC2C[C@@H](c3ccnc4ccc(F)cc34)C[C@@H]2C1. The van der Waals surface area contributed by atoms with E-state index in [1.54, 1.807) is 12.1 Å². The summed E-state index contributed by atoms with van der Waals surface area (Å²) in [5, 5.41) is 0.950. The summed E-state index contributed by atoms with van der Waals surface area (Å²) in [5.74, 6) is 1.86. The van der Waals surface area contributed by atoms with Crippen LogP contribution in [0.4, 0.5) is 4.39 Å². The lowest BCUT2D eigenvalue weighted by Crippen LogP contribution is -2.34. The Bertz CT molecular complexity index is 849. The molecular weight excluding hydrogens is 341 g/mol. The third-order valence-electron chi connectivity index (χ3n) is 7.02. The first-order valence-electron chi connectivity index (χ1n) is 10.1. The van der Waals surface area contributed by atoms with Gasteiger partial charge in [0.2, 0.25) is 0 Å². The van der Waals surface area contributed by atoms with Crippen molar-refractivity contribution < 1.29 is 13.9 Å². The number of halogens is 1. The number of hydrogen-bond donors (Lipinski definition) is 0. The first-order chi connectivity index (χ1) is 12.9. The first kappa shape index (κ1) is 18.4. The van der Waals surface area contributed by atoms with Gasteiger partial charge in [0.15, 0.2) is 0 Å². The lowest BCUT2D eigenvalue weighted by atomic mass is 9.76. The van der Waals surface area contributed by atoms with Crippen LogP contribution in [0.2, 0.25) is 0 Å². The first-order valence-corrected chi connectivity index (χ1v) is 10.1. The molecule has 2 saturated carbocycles. The maximum atomic E-state index is 13.8. The lowest BCUT2D eigenvalue weighted by Gasteiger charge is -2.30. The highest BCUT2D eigenvalue weighted by Crippen LogP contribution is 2.56. The van der Waals surface area contributed by atoms with E-state index >= 15 is 0 Å². The van der Waals surface area contributed by atoms with Gasteiger partial charge in [0.1, 0.15) is 5.82 Å². The number of carbonyl (C=O) groups is 1. The van der Waals surface area contributed by atoms with Crippen LogP contribution in [0, 0.1) is 29.0 Å². The maximum absolute atomic E-state index is 13.8. The number of carbonyl (C=O) groups excluding carboxylic acids is 1. The number of rotatable bonds is 4. The molecular formula is C23H28FNO2. The third kappa shape index (κ3) is 3.24. The van der Waals surface area contributed by atoms with Crippen LogP contribution in [0.3, 0.4) is 0 Å². The summed E-state index contributed by atoms with van der Waals surface area (Å²) in [7, 11) is 0. The minimum atomic E-state index is -0.414. The highest BCUT2D eigenvalue weighted by Gasteiger charge is 2.49. The standard InChI is InChI=1S/C23H28FNO2/c1-4-27-22(26)23(2,3)17-11-14-9-16(10-15(14)12-17)19-7-8-25-21-6-5-18(24)13-20(19)21/h5-8,13-17H,4,9-12H2,1-3H3/t14-,15?,16+,17+/m1/s1. The van der Waals surface area contributed by atoms with Gasteiger partial charge in [0.25, 0.3) is 0 Å². The van der Waals surface area contributed by atoms with Crippen LogP contribution in [-0.4, -0.2) is 17.6 Å². The molecule has 1 unspecified atom stereocenters. The number of fused-ring (bicyclic) bond motifs is 2. The van der Waals surface area contributed by atoms with Crippen molar-refractivity contribution in [3.63, 3.8) is 0 Å². The fourth-order valence-electron chi connectivity index (χ4n) is 5.44. The average molecular weight is 369 g/mol. The van der Waals surface area contributed by atoms with Crippen LogP contribution >= 0.6 is 0 Å². The highest BCUT2D eigenvalue weighted by atomic mass is 19.1. The summed E-state index contributed by atoms with van der Waals surface area (Å²) in [4.78, 5) is 16.8. The molecule has 0 aliphatic heterocycles. The van der Waals surface area contributed by atoms with Crippen LogP contribution < -0.4 is 0 Å². The van der Waals surface area contributed by atoms with Gasteiger partial charge in [-0.1, -0.05) is 0 Å². The van der Waals surface area contributed by atoms with Gasteiger partial charge in [-0.05, 0) is 100.0 Å². The van der Waals surface area contributed by atoms with E-state index < -0.39 is 5.41 Å². The lowest BCUT2D eigenvalue weighted by molar-refractivity contribution is -0.156. The summed E-state index contributed by atoms with van der Waals surface area (Å²) in [6.45, 7) is 6.38. The topological polar surface area (TPSA) is 39.2 Å². The number of benzene rings is 1. The number of pyridine rings is 1. The van der Waals surface area contributed by atoms with Gasteiger partial charge in [-0.3, -0.25) is 9.78 Å². The van der Waals surface area contributed by atoms with Gasteiger partial charge in [0, 0.05) is 11.6 Å². The van der Waals surface area contributed by atoms with Crippen molar-refractivity contribution >= 4 is 16.9 Å². The number of aromatic nitrogens is 1. The molecule has 144 valence electrons. The number of nitrogens with zero attached hydrogens (tertiary/aromatic N) is 1. The fourth-order valence-corrected chi connectivity index (χ4v) is 5.44. The second kappa shape index (κ2) is 6.88. The summed E-state index contributed by atoms with van der Waals surface area (Å²) in [6, 6.07) is 6.93. The molecule has 2 aliphatic rings. The molecule has 2 aromatic rings. The second-order valence-corrected chi connectivity index (χ2v) is 8.86. The van der Waals surface area contributed by atoms with Gasteiger partial charge in [-0.25, -0.2) is 4.39 Å². The van der Waals surface area contributed by atoms with Crippen molar-refractivity contribution in [1.82, 2.24) is 4.98 Å². The molecule has 0 N–H and O–H groups in total. The summed E-state index contributed by atoms with van der Waals surface area (Å²) in [5.41, 5.74) is 1.69. The van der Waals surface area contributed by atoms with Crippen LogP contribution in [0.5, 0.6) is 0 Å². The molecule has 0 saturated heterocycles. The summed E-state index contributed by atoms with van der Waals surface area (Å²) < 4.78 is 19.1. The predicted molar refractivity (Wildman–Crippen MR) is 104 cm³/mol. The van der Waals surface area contributed by atoms with Gasteiger partial charge < -0.3 is 4.74 Å². The van der Waals surface area contributed by atoms with E-state index in [9.17, 15) is 9.18 Å². The van der Waals surface area contributed by atoms with Crippen molar-refractivity contribution in [3.05, 3.63) is 41.8 Å². The molecule has 4 atom stereocenters. The molecule has 0 radical (unpaired) electrons. The van der Waals surface area contributed by atoms with Gasteiger partial charge in [-0.15, -0.1) is 0 Å². The van der Waals surface area contributed by atoms with Crippen molar-refractivity contribution in [2.75, 3.05) is 6.61 Å². The number of esters is 1. The molecule has 0 spiro atoms. The van der Waals surface area contributed by atoms with E-state index in [1.807, 2.05) is 27.0 Å². The Balaban J connectivity index is 1.51. The number of ether oxygens (including phenoxy) is 1. The average Bonchev–Trinajstić information content (AvgIpc) is 3.20. The second-order valence-electron chi connectivity index (χ2n) is 8.86. The molecule has 1 heterocycles. The molecule has 2 fully saturated rings. The zero-order valence-electron chi connectivity index (χ0n) is 16.4. The van der Waals surface area contributed by atoms with Crippen LogP contribution in [-0.2, 0) is 9.53 Å². The van der Waals surface area contributed by atoms with Crippen molar-refractivity contribution in [3.8, 4) is 0 Å².